The Labute approximate surface area is 228 Å². The first kappa shape index (κ1) is 27.5. The largest absolute Gasteiger partial charge is 0.492 e. The number of hydrogen-bond donors (Lipinski definition) is 1. The highest BCUT2D eigenvalue weighted by molar-refractivity contribution is 5.96. The molecule has 9 nitrogen and oxygen atoms in total. The number of nitrogens with one attached hydrogen (secondary N) is 1. The fraction of sp³-hybridized carbons (Fsp3) is 0.393. The van der Waals surface area contributed by atoms with Gasteiger partial charge < -0.3 is 23.7 Å². The molecule has 0 spiro atoms. The van der Waals surface area contributed by atoms with Gasteiger partial charge in [0.25, 0.3) is 5.91 Å². The molecule has 1 atom stereocenters. The zero-order chi connectivity index (χ0) is 28.1. The Bertz CT molecular complexity index is 1430. The SMILES string of the molecule is CCC(COc1ccc(-c2noc(C(F)(F)F)n2)cc1)NC(=O)c1cc2cc(OCCN3CCCC3)ccc2o1. The number of amides is 1. The van der Waals surface area contributed by atoms with Crippen molar-refractivity contribution in [1.29, 1.82) is 0 Å². The zero-order valence-electron chi connectivity index (χ0n) is 21.9. The number of nitrogens with zero attached hydrogens (tertiary/aromatic N) is 3. The summed E-state index contributed by atoms with van der Waals surface area (Å²) in [5.41, 5.74) is 0.933. The Morgan fingerprint density at radius 2 is 1.82 bits per heavy atom. The van der Waals surface area contributed by atoms with E-state index in [9.17, 15) is 18.0 Å². The maximum Gasteiger partial charge on any atom is 0.471 e. The van der Waals surface area contributed by atoms with Gasteiger partial charge in [-0.1, -0.05) is 12.1 Å². The van der Waals surface area contributed by atoms with E-state index in [1.54, 1.807) is 24.3 Å². The molecule has 0 radical (unpaired) electrons. The molecule has 1 unspecified atom stereocenters. The fourth-order valence-corrected chi connectivity index (χ4v) is 4.39. The van der Waals surface area contributed by atoms with Crippen molar-refractivity contribution < 1.29 is 36.4 Å². The van der Waals surface area contributed by atoms with E-state index in [4.69, 9.17) is 13.9 Å². The van der Waals surface area contributed by atoms with Crippen LogP contribution in [0.5, 0.6) is 11.5 Å². The zero-order valence-corrected chi connectivity index (χ0v) is 21.9. The molecule has 12 heteroatoms. The smallest absolute Gasteiger partial charge is 0.471 e. The van der Waals surface area contributed by atoms with Gasteiger partial charge in [-0.2, -0.15) is 18.2 Å². The summed E-state index contributed by atoms with van der Waals surface area (Å²) < 4.78 is 59.8. The molecule has 4 aromatic rings. The lowest BCUT2D eigenvalue weighted by molar-refractivity contribution is -0.159. The summed E-state index contributed by atoms with van der Waals surface area (Å²) in [6, 6.07) is 13.1. The standard InChI is InChI=1S/C28H29F3N4O5/c1-2-20(17-38-21-7-5-18(6-8-21)25-33-27(40-34-25)28(29,30)31)32-26(36)24-16-19-15-22(9-10-23(19)39-24)37-14-13-35-11-3-4-12-35/h5-10,15-16,20H,2-4,11-14,17H2,1H3,(H,32,36). The second kappa shape index (κ2) is 12.0. The van der Waals surface area contributed by atoms with Gasteiger partial charge >= 0.3 is 12.1 Å². The fourth-order valence-electron chi connectivity index (χ4n) is 4.39. The van der Waals surface area contributed by atoms with Crippen LogP contribution in [0.1, 0.15) is 42.6 Å². The number of carbonyl (C=O) groups is 1. The third-order valence-corrected chi connectivity index (χ3v) is 6.65. The number of rotatable bonds is 11. The van der Waals surface area contributed by atoms with Gasteiger partial charge in [0.05, 0.1) is 6.04 Å². The van der Waals surface area contributed by atoms with Crippen LogP contribution in [-0.2, 0) is 6.18 Å². The lowest BCUT2D eigenvalue weighted by atomic mass is 10.2. The first-order chi connectivity index (χ1) is 19.3. The van der Waals surface area contributed by atoms with E-state index < -0.39 is 12.1 Å². The van der Waals surface area contributed by atoms with Gasteiger partial charge in [0.2, 0.25) is 5.82 Å². The topological polar surface area (TPSA) is 103 Å². The average Bonchev–Trinajstić information content (AvgIpc) is 3.72. The minimum absolute atomic E-state index is 0.177. The van der Waals surface area contributed by atoms with Crippen LogP contribution in [0.25, 0.3) is 22.4 Å². The highest BCUT2D eigenvalue weighted by Crippen LogP contribution is 2.30. The van der Waals surface area contributed by atoms with E-state index in [-0.39, 0.29) is 30.1 Å². The predicted molar refractivity (Wildman–Crippen MR) is 139 cm³/mol. The Hall–Kier alpha value is -4.06. The number of alkyl halides is 3. The number of likely N-dealkylation sites (tertiary alicyclic amines) is 1. The molecule has 1 saturated heterocycles. The summed E-state index contributed by atoms with van der Waals surface area (Å²) in [7, 11) is 0. The molecule has 1 aliphatic heterocycles. The molecule has 0 saturated carbocycles. The summed E-state index contributed by atoms with van der Waals surface area (Å²) in [6.07, 6.45) is -1.63. The first-order valence-corrected chi connectivity index (χ1v) is 13.1. The Morgan fingerprint density at radius 3 is 2.52 bits per heavy atom. The molecule has 1 N–H and O–H groups in total. The number of hydrogen-bond acceptors (Lipinski definition) is 8. The number of ether oxygens (including phenoxy) is 2. The van der Waals surface area contributed by atoms with Crippen molar-refractivity contribution in [1.82, 2.24) is 20.4 Å². The minimum Gasteiger partial charge on any atom is -0.492 e. The summed E-state index contributed by atoms with van der Waals surface area (Å²) in [6.45, 7) is 5.83. The normalized spacial score (nSPS) is 14.9. The number of halogens is 3. The lowest BCUT2D eigenvalue weighted by Crippen LogP contribution is -2.38. The van der Waals surface area contributed by atoms with Crippen molar-refractivity contribution in [3.8, 4) is 22.9 Å². The molecule has 1 amide bonds. The molecule has 3 heterocycles. The molecule has 2 aromatic heterocycles. The van der Waals surface area contributed by atoms with Gasteiger partial charge in [-0.3, -0.25) is 9.69 Å². The maximum absolute atomic E-state index is 12.9. The molecule has 212 valence electrons. The van der Waals surface area contributed by atoms with Crippen LogP contribution in [0, 0.1) is 0 Å². The van der Waals surface area contributed by atoms with Crippen LogP contribution in [0.3, 0.4) is 0 Å². The summed E-state index contributed by atoms with van der Waals surface area (Å²) >= 11 is 0. The monoisotopic (exact) mass is 558 g/mol. The second-order valence-corrected chi connectivity index (χ2v) is 9.54. The van der Waals surface area contributed by atoms with Gasteiger partial charge in [-0.25, -0.2) is 0 Å². The molecular weight excluding hydrogens is 529 g/mol. The van der Waals surface area contributed by atoms with E-state index in [1.165, 1.54) is 25.0 Å². The Kier molecular flexibility index (Phi) is 8.24. The van der Waals surface area contributed by atoms with Crippen molar-refractivity contribution in [2.24, 2.45) is 0 Å². The van der Waals surface area contributed by atoms with E-state index in [0.29, 0.717) is 29.9 Å². The average molecular weight is 559 g/mol. The molecule has 0 bridgehead atoms. The van der Waals surface area contributed by atoms with Gasteiger partial charge in [0, 0.05) is 17.5 Å². The Balaban J connectivity index is 1.13. The first-order valence-electron chi connectivity index (χ1n) is 13.1. The van der Waals surface area contributed by atoms with Crippen LogP contribution >= 0.6 is 0 Å². The van der Waals surface area contributed by atoms with Crippen molar-refractivity contribution >= 4 is 16.9 Å². The number of benzene rings is 2. The maximum atomic E-state index is 12.9. The molecule has 1 aliphatic rings. The molecule has 0 aliphatic carbocycles. The summed E-state index contributed by atoms with van der Waals surface area (Å²) in [5.74, 6) is -0.566. The third kappa shape index (κ3) is 6.74. The van der Waals surface area contributed by atoms with Crippen LogP contribution in [0.4, 0.5) is 13.2 Å². The van der Waals surface area contributed by atoms with Gasteiger partial charge in [-0.05, 0) is 80.9 Å². The van der Waals surface area contributed by atoms with Crippen LogP contribution in [0.2, 0.25) is 0 Å². The molecule has 40 heavy (non-hydrogen) atoms. The highest BCUT2D eigenvalue weighted by Gasteiger charge is 2.38. The van der Waals surface area contributed by atoms with Crippen molar-refractivity contribution in [3.63, 3.8) is 0 Å². The van der Waals surface area contributed by atoms with Crippen molar-refractivity contribution in [3.05, 3.63) is 60.2 Å². The van der Waals surface area contributed by atoms with Crippen LogP contribution in [-0.4, -0.2) is 59.8 Å². The Morgan fingerprint density at radius 1 is 1.07 bits per heavy atom. The third-order valence-electron chi connectivity index (χ3n) is 6.65. The molecule has 1 fully saturated rings. The second-order valence-electron chi connectivity index (χ2n) is 9.54. The van der Waals surface area contributed by atoms with E-state index in [0.717, 1.165) is 30.8 Å². The van der Waals surface area contributed by atoms with Crippen LogP contribution < -0.4 is 14.8 Å². The lowest BCUT2D eigenvalue weighted by Gasteiger charge is -2.17. The van der Waals surface area contributed by atoms with E-state index >= 15 is 0 Å². The van der Waals surface area contributed by atoms with E-state index in [2.05, 4.69) is 24.9 Å². The van der Waals surface area contributed by atoms with Gasteiger partial charge in [0.15, 0.2) is 5.76 Å². The minimum atomic E-state index is -4.71. The molecule has 2 aromatic carbocycles. The van der Waals surface area contributed by atoms with Gasteiger partial charge in [-0.15, -0.1) is 0 Å². The summed E-state index contributed by atoms with van der Waals surface area (Å²) in [4.78, 5) is 18.6. The molecular formula is C28H29F3N4O5. The quantitative estimate of drug-likeness (QED) is 0.255. The molecule has 5 rings (SSSR count). The highest BCUT2D eigenvalue weighted by atomic mass is 19.4. The predicted octanol–water partition coefficient (Wildman–Crippen LogP) is 5.56. The number of fused-ring (bicyclic) bond motifs is 1. The van der Waals surface area contributed by atoms with Crippen LogP contribution in [0.15, 0.2) is 57.5 Å². The van der Waals surface area contributed by atoms with Crippen molar-refractivity contribution in [2.45, 2.75) is 38.4 Å². The van der Waals surface area contributed by atoms with E-state index in [1.807, 2.05) is 19.1 Å². The number of aromatic nitrogens is 2. The number of furan rings is 1. The number of carbonyl (C=O) groups excluding carboxylic acids is 1. The van der Waals surface area contributed by atoms with Crippen molar-refractivity contribution in [2.75, 3.05) is 32.8 Å². The van der Waals surface area contributed by atoms with Gasteiger partial charge in [0.1, 0.15) is 30.3 Å². The summed E-state index contributed by atoms with van der Waals surface area (Å²) in [5, 5.41) is 7.06.